The van der Waals surface area contributed by atoms with Gasteiger partial charge in [-0.3, -0.25) is 14.3 Å². The quantitative estimate of drug-likeness (QED) is 0.782. The topological polar surface area (TPSA) is 39.5 Å². The van der Waals surface area contributed by atoms with Crippen LogP contribution in [0.1, 0.15) is 24.0 Å². The molecule has 1 saturated heterocycles. The Hall–Kier alpha value is -2.06. The van der Waals surface area contributed by atoms with Crippen LogP contribution in [0, 0.1) is 0 Å². The van der Waals surface area contributed by atoms with Crippen molar-refractivity contribution >= 4 is 0 Å². The zero-order valence-electron chi connectivity index (χ0n) is 14.6. The number of benzene rings is 1. The van der Waals surface area contributed by atoms with E-state index in [-0.39, 0.29) is 0 Å². The number of ether oxygens (including phenoxy) is 2. The molecule has 1 aliphatic heterocycles. The Morgan fingerprint density at radius 3 is 2.58 bits per heavy atom. The molecule has 0 atom stereocenters. The number of halogens is 3. The SMILES string of the molecule is COc1ccc(CN2CCC(OC(F)(F)F)CC2)cc1Cn1cccn1. The normalized spacial score (nSPS) is 16.8. The van der Waals surface area contributed by atoms with Crippen LogP contribution in [0.4, 0.5) is 13.2 Å². The summed E-state index contributed by atoms with van der Waals surface area (Å²) >= 11 is 0. The molecule has 1 aliphatic rings. The first-order valence-corrected chi connectivity index (χ1v) is 8.53. The largest absolute Gasteiger partial charge is 0.522 e. The molecule has 0 saturated carbocycles. The van der Waals surface area contributed by atoms with E-state index in [9.17, 15) is 13.2 Å². The van der Waals surface area contributed by atoms with Gasteiger partial charge in [0, 0.05) is 37.6 Å². The fourth-order valence-electron chi connectivity index (χ4n) is 3.25. The van der Waals surface area contributed by atoms with Crippen LogP contribution >= 0.6 is 0 Å². The first-order valence-electron chi connectivity index (χ1n) is 8.53. The Balaban J connectivity index is 1.60. The summed E-state index contributed by atoms with van der Waals surface area (Å²) < 4.78 is 48.3. The summed E-state index contributed by atoms with van der Waals surface area (Å²) in [4.78, 5) is 2.15. The van der Waals surface area contributed by atoms with Crippen molar-refractivity contribution in [2.24, 2.45) is 0 Å². The lowest BCUT2D eigenvalue weighted by atomic mass is 10.1. The highest BCUT2D eigenvalue weighted by Crippen LogP contribution is 2.26. The maximum absolute atomic E-state index is 12.3. The number of alkyl halides is 3. The first-order chi connectivity index (χ1) is 12.4. The fourth-order valence-corrected chi connectivity index (χ4v) is 3.25. The van der Waals surface area contributed by atoms with E-state index in [2.05, 4.69) is 20.8 Å². The third-order valence-electron chi connectivity index (χ3n) is 4.48. The number of nitrogens with zero attached hydrogens (tertiary/aromatic N) is 3. The molecular formula is C18H22F3N3O2. The van der Waals surface area contributed by atoms with Crippen molar-refractivity contribution < 1.29 is 22.6 Å². The van der Waals surface area contributed by atoms with Gasteiger partial charge in [-0.2, -0.15) is 5.10 Å². The van der Waals surface area contributed by atoms with Gasteiger partial charge in [0.15, 0.2) is 0 Å². The van der Waals surface area contributed by atoms with Gasteiger partial charge < -0.3 is 4.74 Å². The lowest BCUT2D eigenvalue weighted by Gasteiger charge is -2.32. The summed E-state index contributed by atoms with van der Waals surface area (Å²) in [6, 6.07) is 7.85. The second kappa shape index (κ2) is 8.09. The zero-order valence-corrected chi connectivity index (χ0v) is 14.6. The van der Waals surface area contributed by atoms with Crippen molar-refractivity contribution in [3.05, 3.63) is 47.8 Å². The van der Waals surface area contributed by atoms with E-state index in [1.54, 1.807) is 13.3 Å². The zero-order chi connectivity index (χ0) is 18.6. The van der Waals surface area contributed by atoms with Crippen LogP contribution in [-0.4, -0.2) is 47.3 Å². The molecule has 142 valence electrons. The molecule has 3 rings (SSSR count). The van der Waals surface area contributed by atoms with Crippen LogP contribution in [0.15, 0.2) is 36.7 Å². The van der Waals surface area contributed by atoms with Crippen LogP contribution in [0.25, 0.3) is 0 Å². The molecule has 0 spiro atoms. The minimum atomic E-state index is -4.55. The molecule has 8 heteroatoms. The smallest absolute Gasteiger partial charge is 0.496 e. The number of aromatic nitrogens is 2. The molecule has 1 aromatic heterocycles. The molecule has 0 amide bonds. The molecule has 0 unspecified atom stereocenters. The average molecular weight is 369 g/mol. The van der Waals surface area contributed by atoms with Crippen LogP contribution in [0.5, 0.6) is 5.75 Å². The third kappa shape index (κ3) is 5.22. The van der Waals surface area contributed by atoms with E-state index in [0.29, 0.717) is 39.0 Å². The second-order valence-corrected chi connectivity index (χ2v) is 6.39. The van der Waals surface area contributed by atoms with Gasteiger partial charge in [0.05, 0.1) is 19.8 Å². The molecule has 2 aromatic rings. The Labute approximate surface area is 150 Å². The van der Waals surface area contributed by atoms with Crippen molar-refractivity contribution in [2.75, 3.05) is 20.2 Å². The summed E-state index contributed by atoms with van der Waals surface area (Å²) in [5.41, 5.74) is 2.12. The molecule has 0 aliphatic carbocycles. The van der Waals surface area contributed by atoms with Crippen LogP contribution in [0.3, 0.4) is 0 Å². The van der Waals surface area contributed by atoms with Crippen LogP contribution < -0.4 is 4.74 Å². The van der Waals surface area contributed by atoms with E-state index in [0.717, 1.165) is 16.9 Å². The number of rotatable bonds is 6. The highest BCUT2D eigenvalue weighted by atomic mass is 19.4. The first kappa shape index (κ1) is 18.7. The van der Waals surface area contributed by atoms with Gasteiger partial charge in [0.1, 0.15) is 5.75 Å². The molecular weight excluding hydrogens is 347 g/mol. The molecule has 1 aromatic carbocycles. The summed E-state index contributed by atoms with van der Waals surface area (Å²) in [6.45, 7) is 2.46. The van der Waals surface area contributed by atoms with Gasteiger partial charge >= 0.3 is 6.36 Å². The van der Waals surface area contributed by atoms with Crippen molar-refractivity contribution in [1.82, 2.24) is 14.7 Å². The predicted molar refractivity (Wildman–Crippen MR) is 89.8 cm³/mol. The summed E-state index contributed by atoms with van der Waals surface area (Å²) in [5, 5.41) is 4.21. The Morgan fingerprint density at radius 1 is 1.19 bits per heavy atom. The van der Waals surface area contributed by atoms with Crippen molar-refractivity contribution in [2.45, 2.75) is 38.4 Å². The van der Waals surface area contributed by atoms with Crippen LogP contribution in [0.2, 0.25) is 0 Å². The van der Waals surface area contributed by atoms with E-state index in [4.69, 9.17) is 4.74 Å². The van der Waals surface area contributed by atoms with E-state index < -0.39 is 12.5 Å². The molecule has 0 bridgehead atoms. The van der Waals surface area contributed by atoms with Crippen LogP contribution in [-0.2, 0) is 17.8 Å². The number of likely N-dealkylation sites (tertiary alicyclic amines) is 1. The van der Waals surface area contributed by atoms with Gasteiger partial charge in [-0.25, -0.2) is 0 Å². The average Bonchev–Trinajstić information content (AvgIpc) is 3.09. The maximum atomic E-state index is 12.3. The second-order valence-electron chi connectivity index (χ2n) is 6.39. The van der Waals surface area contributed by atoms with Crippen molar-refractivity contribution in [3.8, 4) is 5.75 Å². The number of piperidine rings is 1. The lowest BCUT2D eigenvalue weighted by Crippen LogP contribution is -2.38. The monoisotopic (exact) mass is 369 g/mol. The number of hydrogen-bond donors (Lipinski definition) is 0. The van der Waals surface area contributed by atoms with Crippen molar-refractivity contribution in [1.29, 1.82) is 0 Å². The summed E-state index contributed by atoms with van der Waals surface area (Å²) in [6.07, 6.45) is -0.908. The summed E-state index contributed by atoms with van der Waals surface area (Å²) in [7, 11) is 1.63. The number of methoxy groups -OCH3 is 1. The fraction of sp³-hybridized carbons (Fsp3) is 0.500. The van der Waals surface area contributed by atoms with E-state index in [1.807, 2.05) is 29.1 Å². The predicted octanol–water partition coefficient (Wildman–Crippen LogP) is 3.44. The lowest BCUT2D eigenvalue weighted by molar-refractivity contribution is -0.345. The van der Waals surface area contributed by atoms with Gasteiger partial charge in [-0.15, -0.1) is 13.2 Å². The maximum Gasteiger partial charge on any atom is 0.522 e. The van der Waals surface area contributed by atoms with Gasteiger partial charge in [-0.05, 0) is 36.6 Å². The highest BCUT2D eigenvalue weighted by molar-refractivity contribution is 5.37. The molecule has 5 nitrogen and oxygen atoms in total. The van der Waals surface area contributed by atoms with Gasteiger partial charge in [0.25, 0.3) is 0 Å². The molecule has 0 N–H and O–H groups in total. The molecule has 1 fully saturated rings. The van der Waals surface area contributed by atoms with Gasteiger partial charge in [-0.1, -0.05) is 6.07 Å². The van der Waals surface area contributed by atoms with E-state index >= 15 is 0 Å². The molecule has 26 heavy (non-hydrogen) atoms. The Bertz CT molecular complexity index is 696. The Morgan fingerprint density at radius 2 is 1.96 bits per heavy atom. The minimum Gasteiger partial charge on any atom is -0.496 e. The number of hydrogen-bond acceptors (Lipinski definition) is 4. The third-order valence-corrected chi connectivity index (χ3v) is 4.48. The summed E-state index contributed by atoms with van der Waals surface area (Å²) in [5.74, 6) is 0.793. The van der Waals surface area contributed by atoms with Gasteiger partial charge in [0.2, 0.25) is 0 Å². The highest BCUT2D eigenvalue weighted by Gasteiger charge is 2.34. The molecule has 2 heterocycles. The Kier molecular flexibility index (Phi) is 5.83. The van der Waals surface area contributed by atoms with E-state index in [1.165, 1.54) is 0 Å². The minimum absolute atomic E-state index is 0.385. The molecule has 0 radical (unpaired) electrons. The van der Waals surface area contributed by atoms with Crippen molar-refractivity contribution in [3.63, 3.8) is 0 Å². The standard InChI is InChI=1S/C18H22F3N3O2/c1-25-17-4-3-14(11-15(17)13-24-8-2-7-22-24)12-23-9-5-16(6-10-23)26-18(19,20)21/h2-4,7-8,11,16H,5-6,9-10,12-13H2,1H3.